The Balaban J connectivity index is 1.46. The van der Waals surface area contributed by atoms with Crippen LogP contribution in [0.4, 0.5) is 24.7 Å². The average Bonchev–Trinajstić information content (AvgIpc) is 3.28. The molecule has 2 atom stereocenters. The Hall–Kier alpha value is -3.14. The van der Waals surface area contributed by atoms with Gasteiger partial charge in [-0.25, -0.2) is 4.98 Å². The molecule has 3 N–H and O–H groups in total. The third-order valence-electron chi connectivity index (χ3n) is 6.52. The van der Waals surface area contributed by atoms with E-state index in [0.29, 0.717) is 31.6 Å². The monoisotopic (exact) mass is 475 g/mol. The number of para-hydroxylation sites is 1. The summed E-state index contributed by atoms with van der Waals surface area (Å²) >= 11 is 0. The second kappa shape index (κ2) is 10.0. The van der Waals surface area contributed by atoms with Gasteiger partial charge in [0, 0.05) is 31.5 Å². The van der Waals surface area contributed by atoms with Crippen molar-refractivity contribution >= 4 is 23.3 Å². The van der Waals surface area contributed by atoms with Crippen molar-refractivity contribution in [3.63, 3.8) is 0 Å². The number of nitrogens with two attached hydrogens (primary N) is 1. The summed E-state index contributed by atoms with van der Waals surface area (Å²) in [4.78, 5) is 32.4. The van der Waals surface area contributed by atoms with Crippen LogP contribution in [-0.2, 0) is 22.3 Å². The van der Waals surface area contributed by atoms with Crippen LogP contribution in [0, 0.1) is 5.92 Å². The number of carbonyl (C=O) groups is 2. The van der Waals surface area contributed by atoms with E-state index in [1.54, 1.807) is 11.0 Å². The van der Waals surface area contributed by atoms with Crippen molar-refractivity contribution < 1.29 is 22.8 Å². The second-order valence-electron chi connectivity index (χ2n) is 8.83. The number of piperidine rings is 1. The maximum atomic E-state index is 13.5. The number of hydrogen-bond acceptors (Lipinski definition) is 5. The summed E-state index contributed by atoms with van der Waals surface area (Å²) in [5.74, 6) is -1.21. The van der Waals surface area contributed by atoms with E-state index >= 15 is 0 Å². The maximum absolute atomic E-state index is 13.5. The van der Waals surface area contributed by atoms with Gasteiger partial charge in [0.2, 0.25) is 11.8 Å². The van der Waals surface area contributed by atoms with E-state index in [1.807, 2.05) is 23.1 Å². The highest BCUT2D eigenvalue weighted by molar-refractivity contribution is 5.93. The molecular formula is C24H28F3N5O2. The fraction of sp³-hybridized carbons (Fsp3) is 0.458. The van der Waals surface area contributed by atoms with Gasteiger partial charge in [0.25, 0.3) is 0 Å². The van der Waals surface area contributed by atoms with E-state index in [2.05, 4.69) is 10.3 Å². The number of carbonyl (C=O) groups excluding carboxylic acids is 2. The number of hydrogen-bond donors (Lipinski definition) is 2. The third-order valence-corrected chi connectivity index (χ3v) is 6.52. The van der Waals surface area contributed by atoms with Gasteiger partial charge in [-0.1, -0.05) is 18.2 Å². The number of benzene rings is 1. The number of nitrogens with one attached hydrogen (secondary N) is 1. The quantitative estimate of drug-likeness (QED) is 0.668. The molecule has 0 aliphatic carbocycles. The first-order valence-corrected chi connectivity index (χ1v) is 11.4. The maximum Gasteiger partial charge on any atom is 0.419 e. The fourth-order valence-corrected chi connectivity index (χ4v) is 4.83. The van der Waals surface area contributed by atoms with Gasteiger partial charge >= 0.3 is 6.18 Å². The van der Waals surface area contributed by atoms with E-state index in [4.69, 9.17) is 5.73 Å². The molecule has 2 amide bonds. The number of rotatable bonds is 6. The highest BCUT2D eigenvalue weighted by atomic mass is 19.4. The number of nitrogens with zero attached hydrogens (tertiary/aromatic N) is 3. The number of primary amides is 1. The predicted molar refractivity (Wildman–Crippen MR) is 122 cm³/mol. The molecule has 182 valence electrons. The van der Waals surface area contributed by atoms with Crippen molar-refractivity contribution in [3.8, 4) is 0 Å². The van der Waals surface area contributed by atoms with Gasteiger partial charge < -0.3 is 16.0 Å². The van der Waals surface area contributed by atoms with Crippen LogP contribution >= 0.6 is 0 Å². The van der Waals surface area contributed by atoms with E-state index in [9.17, 15) is 22.8 Å². The minimum atomic E-state index is -4.52. The van der Waals surface area contributed by atoms with Gasteiger partial charge in [-0.3, -0.25) is 14.5 Å². The van der Waals surface area contributed by atoms with Crippen LogP contribution in [0.1, 0.15) is 36.8 Å². The van der Waals surface area contributed by atoms with Gasteiger partial charge in [-0.15, -0.1) is 0 Å². The van der Waals surface area contributed by atoms with E-state index < -0.39 is 17.7 Å². The lowest BCUT2D eigenvalue weighted by Gasteiger charge is -2.34. The van der Waals surface area contributed by atoms with Gasteiger partial charge in [0.15, 0.2) is 0 Å². The van der Waals surface area contributed by atoms with Gasteiger partial charge in [-0.2, -0.15) is 13.2 Å². The Morgan fingerprint density at radius 2 is 1.85 bits per heavy atom. The van der Waals surface area contributed by atoms with E-state index in [-0.39, 0.29) is 30.2 Å². The normalized spacial score (nSPS) is 21.4. The summed E-state index contributed by atoms with van der Waals surface area (Å²) in [5, 5.41) is 2.96. The summed E-state index contributed by atoms with van der Waals surface area (Å²) in [6, 6.07) is 9.32. The molecule has 7 nitrogen and oxygen atoms in total. The average molecular weight is 476 g/mol. The zero-order valence-electron chi connectivity index (χ0n) is 18.7. The molecule has 2 unspecified atom stereocenters. The van der Waals surface area contributed by atoms with Crippen molar-refractivity contribution in [1.29, 1.82) is 0 Å². The zero-order chi connectivity index (χ0) is 24.3. The lowest BCUT2D eigenvalue weighted by atomic mass is 9.96. The highest BCUT2D eigenvalue weighted by Gasteiger charge is 2.37. The molecule has 2 fully saturated rings. The first kappa shape index (κ1) is 24.0. The highest BCUT2D eigenvalue weighted by Crippen LogP contribution is 2.36. The minimum absolute atomic E-state index is 0.139. The summed E-state index contributed by atoms with van der Waals surface area (Å²) in [7, 11) is 0. The molecule has 10 heteroatoms. The Bertz CT molecular complexity index is 1050. The Morgan fingerprint density at radius 1 is 1.09 bits per heavy atom. The molecule has 0 radical (unpaired) electrons. The van der Waals surface area contributed by atoms with Crippen molar-refractivity contribution in [2.24, 2.45) is 11.7 Å². The first-order valence-electron chi connectivity index (χ1n) is 11.4. The second-order valence-corrected chi connectivity index (χ2v) is 8.83. The van der Waals surface area contributed by atoms with Crippen LogP contribution in [0.15, 0.2) is 42.6 Å². The number of pyridine rings is 1. The predicted octanol–water partition coefficient (Wildman–Crippen LogP) is 3.41. The van der Waals surface area contributed by atoms with E-state index in [1.165, 1.54) is 12.3 Å². The Morgan fingerprint density at radius 3 is 2.62 bits per heavy atom. The van der Waals surface area contributed by atoms with Gasteiger partial charge in [0.1, 0.15) is 5.82 Å². The molecule has 0 saturated carbocycles. The Labute approximate surface area is 196 Å². The summed E-state index contributed by atoms with van der Waals surface area (Å²) in [5.41, 5.74) is 6.23. The summed E-state index contributed by atoms with van der Waals surface area (Å²) < 4.78 is 40.4. The van der Waals surface area contributed by atoms with Crippen LogP contribution in [0.5, 0.6) is 0 Å². The molecule has 2 aliphatic rings. The Kier molecular flexibility index (Phi) is 7.06. The van der Waals surface area contributed by atoms with Crippen LogP contribution in [0.25, 0.3) is 0 Å². The van der Waals surface area contributed by atoms with Crippen LogP contribution in [-0.4, -0.2) is 47.4 Å². The molecule has 3 heterocycles. The van der Waals surface area contributed by atoms with Gasteiger partial charge in [-0.05, 0) is 56.0 Å². The van der Waals surface area contributed by atoms with Crippen molar-refractivity contribution in [1.82, 2.24) is 9.88 Å². The number of alkyl halides is 3. The number of amides is 2. The minimum Gasteiger partial charge on any atom is -0.368 e. The number of anilines is 2. The van der Waals surface area contributed by atoms with Crippen molar-refractivity contribution in [2.45, 2.75) is 44.4 Å². The smallest absolute Gasteiger partial charge is 0.368 e. The molecule has 2 saturated heterocycles. The lowest BCUT2D eigenvalue weighted by Crippen LogP contribution is -2.42. The van der Waals surface area contributed by atoms with Crippen LogP contribution in [0.3, 0.4) is 0 Å². The molecule has 1 aromatic heterocycles. The SMILES string of the molecule is NC(=O)C1CCCN1Cc1ccccc1NC(=O)C1CCCN(c2ncccc2C(F)(F)F)C1. The van der Waals surface area contributed by atoms with Crippen LogP contribution < -0.4 is 16.0 Å². The summed E-state index contributed by atoms with van der Waals surface area (Å²) in [6.45, 7) is 1.79. The first-order chi connectivity index (χ1) is 16.2. The largest absolute Gasteiger partial charge is 0.419 e. The van der Waals surface area contributed by atoms with Crippen LogP contribution in [0.2, 0.25) is 0 Å². The summed E-state index contributed by atoms with van der Waals surface area (Å²) in [6.07, 6.45) is -0.419. The van der Waals surface area contributed by atoms with E-state index in [0.717, 1.165) is 31.0 Å². The zero-order valence-corrected chi connectivity index (χ0v) is 18.7. The molecule has 1 aromatic carbocycles. The fourth-order valence-electron chi connectivity index (χ4n) is 4.83. The standard InChI is InChI=1S/C24H28F3N5O2/c25-24(26,27)18-8-3-11-29-22(18)32-13-4-7-17(15-32)23(34)30-19-9-2-1-6-16(19)14-31-12-5-10-20(31)21(28)33/h1-3,6,8-9,11,17,20H,4-5,7,10,12-15H2,(H2,28,33)(H,30,34). The van der Waals surface area contributed by atoms with Gasteiger partial charge in [0.05, 0.1) is 17.5 Å². The molecule has 0 spiro atoms. The molecular weight excluding hydrogens is 447 g/mol. The molecule has 34 heavy (non-hydrogen) atoms. The molecule has 0 bridgehead atoms. The van der Waals surface area contributed by atoms with Crippen molar-refractivity contribution in [2.75, 3.05) is 29.9 Å². The topological polar surface area (TPSA) is 91.6 Å². The number of aromatic nitrogens is 1. The number of halogens is 3. The third kappa shape index (κ3) is 5.32. The van der Waals surface area contributed by atoms with Crippen molar-refractivity contribution in [3.05, 3.63) is 53.7 Å². The molecule has 2 aliphatic heterocycles. The number of likely N-dealkylation sites (tertiary alicyclic amines) is 1. The molecule has 4 rings (SSSR count). The lowest BCUT2D eigenvalue weighted by molar-refractivity contribution is -0.137. The molecule has 2 aromatic rings.